The van der Waals surface area contributed by atoms with E-state index in [1.165, 1.54) is 11.8 Å². The van der Waals surface area contributed by atoms with Crippen LogP contribution in [0.25, 0.3) is 10.9 Å². The van der Waals surface area contributed by atoms with Crippen LogP contribution in [0, 0.1) is 11.6 Å². The molecule has 4 nitrogen and oxygen atoms in total. The first-order valence-electron chi connectivity index (χ1n) is 9.33. The van der Waals surface area contributed by atoms with Gasteiger partial charge in [-0.25, -0.2) is 13.6 Å². The predicted octanol–water partition coefficient (Wildman–Crippen LogP) is 5.73. The lowest BCUT2D eigenvalue weighted by Crippen LogP contribution is -2.12. The van der Waals surface area contributed by atoms with Crippen LogP contribution in [0.3, 0.4) is 0 Å². The fourth-order valence-electron chi connectivity index (χ4n) is 3.17. The fraction of sp³-hybridized carbons (Fsp3) is 0.273. The van der Waals surface area contributed by atoms with Gasteiger partial charge >= 0.3 is 5.97 Å². The van der Waals surface area contributed by atoms with Crippen LogP contribution < -0.4 is 4.74 Å². The van der Waals surface area contributed by atoms with Crippen molar-refractivity contribution >= 4 is 28.6 Å². The molecule has 0 unspecified atom stereocenters. The highest BCUT2D eigenvalue weighted by molar-refractivity contribution is 7.99. The van der Waals surface area contributed by atoms with E-state index >= 15 is 0 Å². The Balaban J connectivity index is 1.94. The van der Waals surface area contributed by atoms with Crippen molar-refractivity contribution in [3.05, 3.63) is 59.3 Å². The Labute approximate surface area is 171 Å². The number of rotatable bonds is 6. The van der Waals surface area contributed by atoms with Gasteiger partial charge in [-0.15, -0.1) is 0 Å². The maximum absolute atomic E-state index is 14.1. The van der Waals surface area contributed by atoms with E-state index in [2.05, 4.69) is 4.98 Å². The Morgan fingerprint density at radius 1 is 1.17 bits per heavy atom. The van der Waals surface area contributed by atoms with E-state index in [1.54, 1.807) is 26.2 Å². The Morgan fingerprint density at radius 3 is 2.48 bits per heavy atom. The molecular weight excluding hydrogens is 396 g/mol. The molecule has 0 N–H and O–H groups in total. The number of nitrogens with zero attached hydrogens (tertiary/aromatic N) is 1. The van der Waals surface area contributed by atoms with Crippen LogP contribution in [0.5, 0.6) is 5.75 Å². The number of ether oxygens (including phenoxy) is 2. The molecule has 4 rings (SSSR count). The minimum Gasteiger partial charge on any atom is -0.497 e. The first kappa shape index (κ1) is 19.6. The number of halogens is 2. The predicted molar refractivity (Wildman–Crippen MR) is 107 cm³/mol. The molecule has 7 heteroatoms. The summed E-state index contributed by atoms with van der Waals surface area (Å²) in [4.78, 5) is 18.7. The second kappa shape index (κ2) is 7.99. The van der Waals surface area contributed by atoms with Gasteiger partial charge in [0.2, 0.25) is 0 Å². The highest BCUT2D eigenvalue weighted by Gasteiger charge is 2.33. The quantitative estimate of drug-likeness (QED) is 0.482. The van der Waals surface area contributed by atoms with Gasteiger partial charge in [0.15, 0.2) is 11.6 Å². The van der Waals surface area contributed by atoms with Gasteiger partial charge in [0.05, 0.1) is 30.5 Å². The van der Waals surface area contributed by atoms with E-state index in [-0.39, 0.29) is 12.5 Å². The third-order valence-electron chi connectivity index (χ3n) is 4.73. The standard InChI is InChI=1S/C22H19F2NO3S/c1-3-28-22(26)19-20(12-4-5-12)25-18-11-17(24)16(23)10-15(18)21(19)29-14-8-6-13(27-2)7-9-14/h6-12H,3-5H2,1-2H3. The molecule has 29 heavy (non-hydrogen) atoms. The van der Waals surface area contributed by atoms with Gasteiger partial charge in [-0.2, -0.15) is 0 Å². The molecule has 1 saturated carbocycles. The molecule has 3 aromatic rings. The molecular formula is C22H19F2NO3S. The van der Waals surface area contributed by atoms with Crippen molar-refractivity contribution in [2.75, 3.05) is 13.7 Å². The minimum atomic E-state index is -0.982. The molecule has 0 amide bonds. The zero-order chi connectivity index (χ0) is 20.5. The van der Waals surface area contributed by atoms with Crippen LogP contribution in [-0.2, 0) is 4.74 Å². The van der Waals surface area contributed by atoms with Crippen LogP contribution in [0.1, 0.15) is 41.7 Å². The number of esters is 1. The van der Waals surface area contributed by atoms with Gasteiger partial charge < -0.3 is 9.47 Å². The molecule has 1 aliphatic rings. The van der Waals surface area contributed by atoms with E-state index in [9.17, 15) is 13.6 Å². The van der Waals surface area contributed by atoms with Crippen molar-refractivity contribution in [1.82, 2.24) is 4.98 Å². The third kappa shape index (κ3) is 3.92. The van der Waals surface area contributed by atoms with Gasteiger partial charge in [-0.1, -0.05) is 11.8 Å². The SMILES string of the molecule is CCOC(=O)c1c(C2CC2)nc2cc(F)c(F)cc2c1Sc1ccc(OC)cc1. The smallest absolute Gasteiger partial charge is 0.341 e. The van der Waals surface area contributed by atoms with Gasteiger partial charge in [0, 0.05) is 27.2 Å². The van der Waals surface area contributed by atoms with Gasteiger partial charge in [0.1, 0.15) is 5.75 Å². The Kier molecular flexibility index (Phi) is 5.41. The number of hydrogen-bond acceptors (Lipinski definition) is 5. The van der Waals surface area contributed by atoms with E-state index in [4.69, 9.17) is 9.47 Å². The van der Waals surface area contributed by atoms with Crippen LogP contribution >= 0.6 is 11.8 Å². The lowest BCUT2D eigenvalue weighted by molar-refractivity contribution is 0.0520. The molecule has 0 saturated heterocycles. The van der Waals surface area contributed by atoms with Crippen LogP contribution in [0.15, 0.2) is 46.2 Å². The molecule has 150 valence electrons. The number of hydrogen-bond donors (Lipinski definition) is 0. The molecule has 1 aromatic heterocycles. The average Bonchev–Trinajstić information content (AvgIpc) is 3.55. The van der Waals surface area contributed by atoms with E-state index < -0.39 is 17.6 Å². The zero-order valence-electron chi connectivity index (χ0n) is 16.0. The summed E-state index contributed by atoms with van der Waals surface area (Å²) < 4.78 is 38.4. The number of benzene rings is 2. The number of methoxy groups -OCH3 is 1. The average molecular weight is 415 g/mol. The second-order valence-electron chi connectivity index (χ2n) is 6.76. The maximum atomic E-state index is 14.1. The lowest BCUT2D eigenvalue weighted by Gasteiger charge is -2.16. The van der Waals surface area contributed by atoms with Crippen molar-refractivity contribution in [2.24, 2.45) is 0 Å². The second-order valence-corrected chi connectivity index (χ2v) is 7.84. The Bertz CT molecular complexity index is 1080. The summed E-state index contributed by atoms with van der Waals surface area (Å²) in [7, 11) is 1.58. The minimum absolute atomic E-state index is 0.127. The third-order valence-corrected chi connectivity index (χ3v) is 5.87. The number of carbonyl (C=O) groups is 1. The van der Waals surface area contributed by atoms with Gasteiger partial charge in [0.25, 0.3) is 0 Å². The van der Waals surface area contributed by atoms with Gasteiger partial charge in [-0.05, 0) is 50.1 Å². The molecule has 0 bridgehead atoms. The first-order valence-corrected chi connectivity index (χ1v) is 10.1. The summed E-state index contributed by atoms with van der Waals surface area (Å²) in [6.45, 7) is 1.94. The maximum Gasteiger partial charge on any atom is 0.341 e. The van der Waals surface area contributed by atoms with Gasteiger partial charge in [-0.3, -0.25) is 4.98 Å². The van der Waals surface area contributed by atoms with Crippen molar-refractivity contribution in [3.63, 3.8) is 0 Å². The Morgan fingerprint density at radius 2 is 1.86 bits per heavy atom. The summed E-state index contributed by atoms with van der Waals surface area (Å²) in [5, 5.41) is 0.386. The van der Waals surface area contributed by atoms with Crippen LogP contribution in [0.2, 0.25) is 0 Å². The lowest BCUT2D eigenvalue weighted by atomic mass is 10.1. The van der Waals surface area contributed by atoms with Crippen molar-refractivity contribution in [3.8, 4) is 5.75 Å². The highest BCUT2D eigenvalue weighted by Crippen LogP contribution is 2.46. The topological polar surface area (TPSA) is 48.4 Å². The summed E-state index contributed by atoms with van der Waals surface area (Å²) >= 11 is 1.31. The number of carbonyl (C=O) groups excluding carboxylic acids is 1. The van der Waals surface area contributed by atoms with E-state index in [0.717, 1.165) is 29.9 Å². The number of fused-ring (bicyclic) bond motifs is 1. The number of pyridine rings is 1. The first-order chi connectivity index (χ1) is 14.0. The van der Waals surface area contributed by atoms with E-state index in [0.29, 0.717) is 32.8 Å². The fourth-order valence-corrected chi connectivity index (χ4v) is 4.24. The molecule has 0 atom stereocenters. The molecule has 2 aromatic carbocycles. The monoisotopic (exact) mass is 415 g/mol. The molecule has 0 radical (unpaired) electrons. The summed E-state index contributed by atoms with van der Waals surface area (Å²) in [6, 6.07) is 9.49. The molecule has 0 spiro atoms. The summed E-state index contributed by atoms with van der Waals surface area (Å²) in [6.07, 6.45) is 1.81. The van der Waals surface area contributed by atoms with Crippen molar-refractivity contribution in [1.29, 1.82) is 0 Å². The molecule has 0 aliphatic heterocycles. The van der Waals surface area contributed by atoms with Crippen LogP contribution in [0.4, 0.5) is 8.78 Å². The largest absolute Gasteiger partial charge is 0.497 e. The zero-order valence-corrected chi connectivity index (χ0v) is 16.8. The van der Waals surface area contributed by atoms with Crippen molar-refractivity contribution < 1.29 is 23.0 Å². The highest BCUT2D eigenvalue weighted by atomic mass is 32.2. The number of aromatic nitrogens is 1. The van der Waals surface area contributed by atoms with E-state index in [1.807, 2.05) is 12.1 Å². The summed E-state index contributed by atoms with van der Waals surface area (Å²) in [5.41, 5.74) is 1.27. The molecule has 1 aliphatic carbocycles. The Hall–Kier alpha value is -2.67. The normalized spacial score (nSPS) is 13.5. The molecule has 1 heterocycles. The van der Waals surface area contributed by atoms with Crippen molar-refractivity contribution in [2.45, 2.75) is 35.5 Å². The van der Waals surface area contributed by atoms with Crippen LogP contribution in [-0.4, -0.2) is 24.7 Å². The summed E-state index contributed by atoms with van der Waals surface area (Å²) in [5.74, 6) is -1.61. The molecule has 1 fully saturated rings.